The van der Waals surface area contributed by atoms with E-state index >= 15 is 0 Å². The zero-order valence-corrected chi connectivity index (χ0v) is 7.71. The van der Waals surface area contributed by atoms with Crippen LogP contribution in [0.4, 0.5) is 0 Å². The highest BCUT2D eigenvalue weighted by molar-refractivity contribution is 4.56. The lowest BCUT2D eigenvalue weighted by Gasteiger charge is -2.07. The Morgan fingerprint density at radius 1 is 0.833 bits per heavy atom. The van der Waals surface area contributed by atoms with Gasteiger partial charge in [-0.05, 0) is 12.8 Å². The molecule has 74 valence electrons. The fraction of sp³-hybridized carbons (Fsp3) is 1.00. The molecule has 2 unspecified atom stereocenters. The Morgan fingerprint density at radius 3 is 1.42 bits per heavy atom. The van der Waals surface area contributed by atoms with Crippen LogP contribution in [0.2, 0.25) is 0 Å². The molecule has 2 atom stereocenters. The number of unbranched alkanes of at least 4 members (excludes halogenated alkanes) is 1. The second-order valence-electron chi connectivity index (χ2n) is 3.17. The van der Waals surface area contributed by atoms with Crippen molar-refractivity contribution in [1.82, 2.24) is 0 Å². The lowest BCUT2D eigenvalue weighted by atomic mass is 10.1. The highest BCUT2D eigenvalue weighted by Crippen LogP contribution is 2.04. The molecule has 0 aliphatic carbocycles. The van der Waals surface area contributed by atoms with Crippen LogP contribution in [-0.2, 0) is 0 Å². The van der Waals surface area contributed by atoms with Gasteiger partial charge >= 0.3 is 0 Å². The van der Waals surface area contributed by atoms with E-state index < -0.39 is 0 Å². The summed E-state index contributed by atoms with van der Waals surface area (Å²) < 4.78 is 0. The Kier molecular flexibility index (Phi) is 7.39. The largest absolute Gasteiger partial charge is 0.387 e. The molecular weight excluding hydrogens is 156 g/mol. The van der Waals surface area contributed by atoms with Gasteiger partial charge < -0.3 is 21.7 Å². The van der Waals surface area contributed by atoms with E-state index in [0.717, 1.165) is 25.7 Å². The van der Waals surface area contributed by atoms with Crippen LogP contribution in [0.1, 0.15) is 25.7 Å². The minimum atomic E-state index is -0.262. The van der Waals surface area contributed by atoms with E-state index in [-0.39, 0.29) is 12.2 Å². The van der Waals surface area contributed by atoms with Crippen molar-refractivity contribution in [3.63, 3.8) is 0 Å². The topological polar surface area (TPSA) is 95.7 Å². The Labute approximate surface area is 73.6 Å². The molecular formula is C8H22N2O2+2. The molecule has 0 rings (SSSR count). The minimum Gasteiger partial charge on any atom is -0.387 e. The maximum absolute atomic E-state index is 9.14. The summed E-state index contributed by atoms with van der Waals surface area (Å²) >= 11 is 0. The molecule has 0 saturated carbocycles. The number of aliphatic hydroxyl groups is 2. The van der Waals surface area contributed by atoms with E-state index in [1.165, 1.54) is 0 Å². The maximum atomic E-state index is 9.14. The van der Waals surface area contributed by atoms with E-state index in [1.807, 2.05) is 0 Å². The molecule has 0 fully saturated rings. The van der Waals surface area contributed by atoms with Crippen LogP contribution in [0.5, 0.6) is 0 Å². The van der Waals surface area contributed by atoms with Crippen molar-refractivity contribution in [1.29, 1.82) is 0 Å². The molecule has 0 aromatic rings. The molecule has 0 aromatic heterocycles. The summed E-state index contributed by atoms with van der Waals surface area (Å²) in [6, 6.07) is 0. The Balaban J connectivity index is 3.10. The van der Waals surface area contributed by atoms with E-state index in [0.29, 0.717) is 13.1 Å². The monoisotopic (exact) mass is 178 g/mol. The number of aliphatic hydroxyl groups excluding tert-OH is 2. The standard InChI is InChI=1S/C8H20N2O2/c9-5-7(11)3-1-2-4-8(12)6-10/h7-8,11-12H,1-6,9-10H2/p+2. The first kappa shape index (κ1) is 11.8. The Morgan fingerprint density at radius 2 is 1.17 bits per heavy atom. The van der Waals surface area contributed by atoms with Gasteiger partial charge in [-0.3, -0.25) is 0 Å². The first-order valence-electron chi connectivity index (χ1n) is 4.65. The van der Waals surface area contributed by atoms with Gasteiger partial charge in [0.1, 0.15) is 25.3 Å². The van der Waals surface area contributed by atoms with Crippen molar-refractivity contribution in [3.05, 3.63) is 0 Å². The summed E-state index contributed by atoms with van der Waals surface area (Å²) in [5.74, 6) is 0. The summed E-state index contributed by atoms with van der Waals surface area (Å²) in [7, 11) is 0. The predicted molar refractivity (Wildman–Crippen MR) is 46.0 cm³/mol. The summed E-state index contributed by atoms with van der Waals surface area (Å²) in [6.45, 7) is 1.16. The van der Waals surface area contributed by atoms with E-state index in [1.54, 1.807) is 0 Å². The highest BCUT2D eigenvalue weighted by atomic mass is 16.3. The Hall–Kier alpha value is -0.160. The van der Waals surface area contributed by atoms with E-state index in [4.69, 9.17) is 10.2 Å². The molecule has 4 heteroatoms. The predicted octanol–water partition coefficient (Wildman–Crippen LogP) is -2.25. The molecule has 8 N–H and O–H groups in total. The quantitative estimate of drug-likeness (QED) is 0.331. The van der Waals surface area contributed by atoms with Crippen LogP contribution in [0.15, 0.2) is 0 Å². The van der Waals surface area contributed by atoms with Gasteiger partial charge in [0.2, 0.25) is 0 Å². The second-order valence-corrected chi connectivity index (χ2v) is 3.17. The fourth-order valence-corrected chi connectivity index (χ4v) is 1.05. The van der Waals surface area contributed by atoms with Crippen molar-refractivity contribution in [2.75, 3.05) is 13.1 Å². The van der Waals surface area contributed by atoms with Crippen molar-refractivity contribution >= 4 is 0 Å². The van der Waals surface area contributed by atoms with Crippen molar-refractivity contribution in [2.45, 2.75) is 37.9 Å². The van der Waals surface area contributed by atoms with Crippen LogP contribution in [-0.4, -0.2) is 35.5 Å². The van der Waals surface area contributed by atoms with Crippen molar-refractivity contribution in [3.8, 4) is 0 Å². The Bertz CT molecular complexity index is 89.1. The van der Waals surface area contributed by atoms with Gasteiger partial charge in [-0.15, -0.1) is 0 Å². The maximum Gasteiger partial charge on any atom is 0.103 e. The minimum absolute atomic E-state index is 0.262. The third kappa shape index (κ3) is 6.54. The molecule has 0 radical (unpaired) electrons. The first-order valence-corrected chi connectivity index (χ1v) is 4.65. The van der Waals surface area contributed by atoms with E-state index in [9.17, 15) is 0 Å². The molecule has 0 aliphatic rings. The van der Waals surface area contributed by atoms with Gasteiger partial charge in [0.15, 0.2) is 0 Å². The number of quaternary nitrogens is 2. The van der Waals surface area contributed by atoms with E-state index in [2.05, 4.69) is 11.5 Å². The van der Waals surface area contributed by atoms with Crippen LogP contribution < -0.4 is 11.5 Å². The van der Waals surface area contributed by atoms with Gasteiger partial charge in [-0.25, -0.2) is 0 Å². The van der Waals surface area contributed by atoms with Crippen LogP contribution in [0, 0.1) is 0 Å². The zero-order valence-electron chi connectivity index (χ0n) is 7.71. The SMILES string of the molecule is [NH3+]CC(O)CCCCC(O)C[NH3+]. The number of rotatable bonds is 7. The van der Waals surface area contributed by atoms with Gasteiger partial charge in [-0.2, -0.15) is 0 Å². The molecule has 0 spiro atoms. The van der Waals surface area contributed by atoms with Gasteiger partial charge in [0.25, 0.3) is 0 Å². The smallest absolute Gasteiger partial charge is 0.103 e. The molecule has 4 nitrogen and oxygen atoms in total. The van der Waals surface area contributed by atoms with Crippen molar-refractivity contribution in [2.24, 2.45) is 0 Å². The molecule has 0 bridgehead atoms. The molecule has 0 heterocycles. The lowest BCUT2D eigenvalue weighted by molar-refractivity contribution is -0.385. The normalized spacial score (nSPS) is 16.0. The highest BCUT2D eigenvalue weighted by Gasteiger charge is 2.05. The third-order valence-electron chi connectivity index (χ3n) is 1.99. The van der Waals surface area contributed by atoms with Crippen LogP contribution in [0.25, 0.3) is 0 Å². The average Bonchev–Trinajstić information content (AvgIpc) is 2.11. The first-order chi connectivity index (χ1) is 5.70. The van der Waals surface area contributed by atoms with Gasteiger partial charge in [-0.1, -0.05) is 12.8 Å². The molecule has 12 heavy (non-hydrogen) atoms. The van der Waals surface area contributed by atoms with Crippen LogP contribution >= 0.6 is 0 Å². The zero-order chi connectivity index (χ0) is 9.40. The molecule has 0 aromatic carbocycles. The number of hydrogen-bond donors (Lipinski definition) is 4. The van der Waals surface area contributed by atoms with Crippen molar-refractivity contribution < 1.29 is 21.7 Å². The molecule has 0 saturated heterocycles. The van der Waals surface area contributed by atoms with Gasteiger partial charge in [0, 0.05) is 0 Å². The third-order valence-corrected chi connectivity index (χ3v) is 1.99. The second kappa shape index (κ2) is 7.49. The summed E-state index contributed by atoms with van der Waals surface area (Å²) in [5, 5.41) is 18.3. The summed E-state index contributed by atoms with van der Waals surface area (Å²) in [4.78, 5) is 0. The van der Waals surface area contributed by atoms with Crippen LogP contribution in [0.3, 0.4) is 0 Å². The fourth-order valence-electron chi connectivity index (χ4n) is 1.05. The summed E-state index contributed by atoms with van der Waals surface area (Å²) in [6.07, 6.45) is 3.01. The average molecular weight is 178 g/mol. The molecule has 0 amide bonds. The molecule has 0 aliphatic heterocycles. The number of hydrogen-bond acceptors (Lipinski definition) is 2. The summed E-state index contributed by atoms with van der Waals surface area (Å²) in [5.41, 5.74) is 7.21. The van der Waals surface area contributed by atoms with Gasteiger partial charge in [0.05, 0.1) is 0 Å². The lowest BCUT2D eigenvalue weighted by Crippen LogP contribution is -2.55.